The highest BCUT2D eigenvalue weighted by molar-refractivity contribution is 6.30. The van der Waals surface area contributed by atoms with Gasteiger partial charge in [-0.3, -0.25) is 4.79 Å². The van der Waals surface area contributed by atoms with Crippen molar-refractivity contribution in [1.82, 2.24) is 0 Å². The minimum absolute atomic E-state index is 0.0124. The number of hydrogen-bond donors (Lipinski definition) is 2. The average molecular weight is 360 g/mol. The molecule has 1 saturated carbocycles. The van der Waals surface area contributed by atoms with Crippen molar-refractivity contribution in [2.45, 2.75) is 12.8 Å². The summed E-state index contributed by atoms with van der Waals surface area (Å²) < 4.78 is 13.4. The minimum Gasteiger partial charge on any atom is -0.478 e. The maximum absolute atomic E-state index is 13.4. The number of carbonyl (C=O) groups is 2. The van der Waals surface area contributed by atoms with E-state index in [-0.39, 0.29) is 28.1 Å². The molecule has 2 aromatic rings. The molecule has 2 N–H and O–H groups in total. The average Bonchev–Trinajstić information content (AvgIpc) is 3.41. The molecule has 6 heteroatoms. The van der Waals surface area contributed by atoms with E-state index in [4.69, 9.17) is 11.6 Å². The largest absolute Gasteiger partial charge is 0.478 e. The van der Waals surface area contributed by atoms with Gasteiger partial charge in [0.15, 0.2) is 0 Å². The zero-order valence-electron chi connectivity index (χ0n) is 13.1. The smallest absolute Gasteiger partial charge is 0.337 e. The van der Waals surface area contributed by atoms with Crippen LogP contribution in [-0.4, -0.2) is 17.0 Å². The summed E-state index contributed by atoms with van der Waals surface area (Å²) >= 11 is 5.64. The highest BCUT2D eigenvalue weighted by atomic mass is 35.5. The summed E-state index contributed by atoms with van der Waals surface area (Å²) in [6.45, 7) is 0. The molecule has 0 bridgehead atoms. The van der Waals surface area contributed by atoms with Gasteiger partial charge in [-0.25, -0.2) is 9.18 Å². The SMILES string of the molecule is O=C(O)c1cc(/C=C/c2ccc(Cl)c(F)c2)ccc1NC(=O)C1CC1. The van der Waals surface area contributed by atoms with Gasteiger partial charge in [-0.2, -0.15) is 0 Å². The van der Waals surface area contributed by atoms with Gasteiger partial charge in [-0.15, -0.1) is 0 Å². The van der Waals surface area contributed by atoms with E-state index in [1.807, 2.05) is 0 Å². The Labute approximate surface area is 148 Å². The number of anilines is 1. The van der Waals surface area contributed by atoms with Gasteiger partial charge in [-0.05, 0) is 48.2 Å². The molecule has 1 aliphatic rings. The van der Waals surface area contributed by atoms with Crippen LogP contribution in [-0.2, 0) is 4.79 Å². The number of carbonyl (C=O) groups excluding carboxylic acids is 1. The van der Waals surface area contributed by atoms with Crippen molar-refractivity contribution in [3.63, 3.8) is 0 Å². The summed E-state index contributed by atoms with van der Waals surface area (Å²) in [7, 11) is 0. The fourth-order valence-corrected chi connectivity index (χ4v) is 2.46. The lowest BCUT2D eigenvalue weighted by Crippen LogP contribution is -2.16. The molecule has 0 aromatic heterocycles. The van der Waals surface area contributed by atoms with Crippen molar-refractivity contribution in [1.29, 1.82) is 0 Å². The Bertz CT molecular complexity index is 875. The van der Waals surface area contributed by atoms with Crippen molar-refractivity contribution in [2.75, 3.05) is 5.32 Å². The van der Waals surface area contributed by atoms with Crippen LogP contribution in [0.4, 0.5) is 10.1 Å². The first-order chi connectivity index (χ1) is 11.9. The first kappa shape index (κ1) is 17.2. The zero-order chi connectivity index (χ0) is 18.0. The maximum atomic E-state index is 13.4. The monoisotopic (exact) mass is 359 g/mol. The molecule has 3 rings (SSSR count). The lowest BCUT2D eigenvalue weighted by atomic mass is 10.1. The van der Waals surface area contributed by atoms with E-state index in [9.17, 15) is 19.1 Å². The first-order valence-corrected chi connectivity index (χ1v) is 8.13. The van der Waals surface area contributed by atoms with E-state index in [1.165, 1.54) is 18.2 Å². The van der Waals surface area contributed by atoms with Crippen molar-refractivity contribution in [2.24, 2.45) is 5.92 Å². The maximum Gasteiger partial charge on any atom is 0.337 e. The van der Waals surface area contributed by atoms with Gasteiger partial charge in [0.1, 0.15) is 5.82 Å². The summed E-state index contributed by atoms with van der Waals surface area (Å²) in [4.78, 5) is 23.3. The van der Waals surface area contributed by atoms with Crippen LogP contribution < -0.4 is 5.32 Å². The molecule has 25 heavy (non-hydrogen) atoms. The summed E-state index contributed by atoms with van der Waals surface area (Å²) in [6, 6.07) is 9.12. The molecule has 0 spiro atoms. The number of hydrogen-bond acceptors (Lipinski definition) is 2. The number of rotatable bonds is 5. The van der Waals surface area contributed by atoms with Crippen molar-refractivity contribution in [3.05, 3.63) is 63.9 Å². The molecule has 4 nitrogen and oxygen atoms in total. The molecule has 1 aliphatic carbocycles. The Balaban J connectivity index is 1.82. The standard InChI is InChI=1S/C19H15ClFNO3/c20-15-7-3-12(10-16(15)21)2-1-11-4-8-17(14(9-11)19(24)25)22-18(23)13-5-6-13/h1-4,7-10,13H,5-6H2,(H,22,23)(H,24,25)/b2-1+. The van der Waals surface area contributed by atoms with Gasteiger partial charge in [-0.1, -0.05) is 35.9 Å². The van der Waals surface area contributed by atoms with Crippen LogP contribution in [0.25, 0.3) is 12.2 Å². The van der Waals surface area contributed by atoms with Crippen LogP contribution in [0.3, 0.4) is 0 Å². The number of nitrogens with one attached hydrogen (secondary N) is 1. The highest BCUT2D eigenvalue weighted by Crippen LogP contribution is 2.31. The number of benzene rings is 2. The van der Waals surface area contributed by atoms with Crippen molar-refractivity contribution >= 4 is 41.3 Å². The molecule has 2 aromatic carbocycles. The molecule has 0 radical (unpaired) electrons. The van der Waals surface area contributed by atoms with E-state index in [1.54, 1.807) is 30.4 Å². The third-order valence-electron chi connectivity index (χ3n) is 3.89. The van der Waals surface area contributed by atoms with E-state index < -0.39 is 11.8 Å². The summed E-state index contributed by atoms with van der Waals surface area (Å²) in [5.74, 6) is -1.81. The van der Waals surface area contributed by atoms with Gasteiger partial charge in [0.05, 0.1) is 16.3 Å². The number of halogens is 2. The second-order valence-electron chi connectivity index (χ2n) is 5.88. The molecular weight excluding hydrogens is 345 g/mol. The number of aromatic carboxylic acids is 1. The molecule has 0 saturated heterocycles. The highest BCUT2D eigenvalue weighted by Gasteiger charge is 2.30. The molecular formula is C19H15ClFNO3. The molecule has 0 aliphatic heterocycles. The predicted molar refractivity (Wildman–Crippen MR) is 95.1 cm³/mol. The van der Waals surface area contributed by atoms with Gasteiger partial charge >= 0.3 is 5.97 Å². The first-order valence-electron chi connectivity index (χ1n) is 7.75. The normalized spacial score (nSPS) is 13.8. The quantitative estimate of drug-likeness (QED) is 0.761. The van der Waals surface area contributed by atoms with Crippen LogP contribution >= 0.6 is 11.6 Å². The fourth-order valence-electron chi connectivity index (χ4n) is 2.34. The van der Waals surface area contributed by atoms with E-state index >= 15 is 0 Å². The second kappa shape index (κ2) is 7.07. The van der Waals surface area contributed by atoms with E-state index in [0.29, 0.717) is 11.1 Å². The Morgan fingerprint density at radius 3 is 2.36 bits per heavy atom. The minimum atomic E-state index is -1.13. The molecule has 0 unspecified atom stereocenters. The van der Waals surface area contributed by atoms with Gasteiger partial charge in [0, 0.05) is 5.92 Å². The Morgan fingerprint density at radius 2 is 1.76 bits per heavy atom. The Morgan fingerprint density at radius 1 is 1.12 bits per heavy atom. The lowest BCUT2D eigenvalue weighted by Gasteiger charge is -2.09. The van der Waals surface area contributed by atoms with Gasteiger partial charge in [0.2, 0.25) is 5.91 Å². The summed E-state index contributed by atoms with van der Waals surface area (Å²) in [5.41, 5.74) is 1.51. The second-order valence-corrected chi connectivity index (χ2v) is 6.29. The fraction of sp³-hybridized carbons (Fsp3) is 0.158. The Hall–Kier alpha value is -2.66. The van der Waals surface area contributed by atoms with Crippen LogP contribution in [0.1, 0.15) is 34.3 Å². The van der Waals surface area contributed by atoms with Crippen LogP contribution in [0.5, 0.6) is 0 Å². The Kier molecular flexibility index (Phi) is 4.86. The molecule has 0 atom stereocenters. The van der Waals surface area contributed by atoms with Crippen molar-refractivity contribution < 1.29 is 19.1 Å². The summed E-state index contributed by atoms with van der Waals surface area (Å²) in [5, 5.41) is 12.1. The number of amides is 1. The molecule has 128 valence electrons. The van der Waals surface area contributed by atoms with Crippen LogP contribution in [0.15, 0.2) is 36.4 Å². The lowest BCUT2D eigenvalue weighted by molar-refractivity contribution is -0.117. The predicted octanol–water partition coefficient (Wildman–Crippen LogP) is 4.70. The van der Waals surface area contributed by atoms with Crippen LogP contribution in [0, 0.1) is 11.7 Å². The third-order valence-corrected chi connectivity index (χ3v) is 4.20. The van der Waals surface area contributed by atoms with E-state index in [2.05, 4.69) is 5.32 Å². The zero-order valence-corrected chi connectivity index (χ0v) is 13.9. The van der Waals surface area contributed by atoms with Gasteiger partial charge in [0.25, 0.3) is 0 Å². The van der Waals surface area contributed by atoms with Gasteiger partial charge < -0.3 is 10.4 Å². The summed E-state index contributed by atoms with van der Waals surface area (Å²) in [6.07, 6.45) is 5.00. The number of carboxylic acid groups (broad SMARTS) is 1. The van der Waals surface area contributed by atoms with Crippen molar-refractivity contribution in [3.8, 4) is 0 Å². The third kappa shape index (κ3) is 4.25. The molecule has 1 amide bonds. The molecule has 0 heterocycles. The molecule has 1 fully saturated rings. The number of carboxylic acids is 1. The topological polar surface area (TPSA) is 66.4 Å². The van der Waals surface area contributed by atoms with E-state index in [0.717, 1.165) is 12.8 Å². The van der Waals surface area contributed by atoms with Crippen LogP contribution in [0.2, 0.25) is 5.02 Å².